The summed E-state index contributed by atoms with van der Waals surface area (Å²) in [7, 11) is 0. The highest BCUT2D eigenvalue weighted by Crippen LogP contribution is 2.13. The molecule has 0 aromatic carbocycles. The third-order valence-electron chi connectivity index (χ3n) is 2.67. The summed E-state index contributed by atoms with van der Waals surface area (Å²) in [4.78, 5) is 0. The van der Waals surface area contributed by atoms with Crippen molar-refractivity contribution in [2.75, 3.05) is 13.2 Å². The van der Waals surface area contributed by atoms with E-state index in [2.05, 4.69) is 10.4 Å². The fourth-order valence-corrected chi connectivity index (χ4v) is 1.90. The fraction of sp³-hybridized carbons (Fsp3) is 0.727. The van der Waals surface area contributed by atoms with Crippen LogP contribution in [0.25, 0.3) is 0 Å². The van der Waals surface area contributed by atoms with E-state index in [1.807, 2.05) is 24.7 Å². The highest BCUT2D eigenvalue weighted by Gasteiger charge is 2.20. The molecule has 0 fully saturated rings. The molecule has 4 nitrogen and oxygen atoms in total. The Balaban J connectivity index is 2.33. The largest absolute Gasteiger partial charge is 0.394 e. The molecule has 0 aliphatic carbocycles. The number of likely N-dealkylation sites (N-methyl/N-ethyl adjacent to an activating group) is 1. The number of hydrogen-bond donors (Lipinski definition) is 2. The van der Waals surface area contributed by atoms with E-state index in [4.69, 9.17) is 11.6 Å². The Labute approximate surface area is 102 Å². The molecule has 1 heterocycles. The van der Waals surface area contributed by atoms with E-state index < -0.39 is 0 Å². The summed E-state index contributed by atoms with van der Waals surface area (Å²) in [6, 6.07) is 0. The van der Waals surface area contributed by atoms with Crippen LogP contribution < -0.4 is 5.32 Å². The van der Waals surface area contributed by atoms with Gasteiger partial charge in [0.1, 0.15) is 0 Å². The Kier molecular flexibility index (Phi) is 5.25. The molecule has 0 bridgehead atoms. The molecule has 1 unspecified atom stereocenters. The molecule has 16 heavy (non-hydrogen) atoms. The van der Waals surface area contributed by atoms with Crippen molar-refractivity contribution in [2.45, 2.75) is 38.8 Å². The molecule has 1 atom stereocenters. The minimum atomic E-state index is -0.189. The molecule has 0 saturated carbocycles. The number of nitrogens with one attached hydrogen (secondary N) is 1. The van der Waals surface area contributed by atoms with Crippen molar-refractivity contribution in [3.8, 4) is 0 Å². The van der Waals surface area contributed by atoms with Gasteiger partial charge in [0.15, 0.2) is 0 Å². The lowest BCUT2D eigenvalue weighted by Crippen LogP contribution is -2.45. The minimum Gasteiger partial charge on any atom is -0.394 e. The van der Waals surface area contributed by atoms with Gasteiger partial charge in [0.05, 0.1) is 17.8 Å². The Bertz CT molecular complexity index is 316. The van der Waals surface area contributed by atoms with E-state index in [0.29, 0.717) is 5.02 Å². The lowest BCUT2D eigenvalue weighted by atomic mass is 9.97. The van der Waals surface area contributed by atoms with Crippen LogP contribution >= 0.6 is 11.6 Å². The number of rotatable bonds is 7. The monoisotopic (exact) mass is 245 g/mol. The smallest absolute Gasteiger partial charge is 0.0785 e. The number of nitrogens with zero attached hydrogens (tertiary/aromatic N) is 2. The topological polar surface area (TPSA) is 50.1 Å². The number of hydrogen-bond acceptors (Lipinski definition) is 3. The average molecular weight is 246 g/mol. The van der Waals surface area contributed by atoms with Crippen molar-refractivity contribution < 1.29 is 5.11 Å². The highest BCUT2D eigenvalue weighted by molar-refractivity contribution is 6.30. The molecule has 1 aromatic rings. The molecule has 1 aromatic heterocycles. The van der Waals surface area contributed by atoms with Gasteiger partial charge in [-0.1, -0.05) is 18.5 Å². The second-order valence-corrected chi connectivity index (χ2v) is 4.71. The Morgan fingerprint density at radius 2 is 2.38 bits per heavy atom. The molecular weight excluding hydrogens is 226 g/mol. The molecule has 0 amide bonds. The molecule has 0 aliphatic rings. The van der Waals surface area contributed by atoms with Gasteiger partial charge in [0.25, 0.3) is 0 Å². The third kappa shape index (κ3) is 4.12. The zero-order valence-electron chi connectivity index (χ0n) is 9.91. The van der Waals surface area contributed by atoms with Crippen LogP contribution in [0.1, 0.15) is 26.7 Å². The average Bonchev–Trinajstić information content (AvgIpc) is 2.65. The van der Waals surface area contributed by atoms with Crippen LogP contribution in [-0.4, -0.2) is 33.6 Å². The van der Waals surface area contributed by atoms with E-state index in [-0.39, 0.29) is 12.1 Å². The molecule has 0 aliphatic heterocycles. The van der Waals surface area contributed by atoms with Gasteiger partial charge in [-0.05, 0) is 26.3 Å². The van der Waals surface area contributed by atoms with E-state index in [1.54, 1.807) is 6.20 Å². The van der Waals surface area contributed by atoms with Gasteiger partial charge in [-0.25, -0.2) is 0 Å². The standard InChI is InChI=1S/C11H20ClN3O/c1-3-13-11(2,9-16)5-4-6-15-8-10(12)7-14-15/h7-8,13,16H,3-6,9H2,1-2H3. The quantitative estimate of drug-likeness (QED) is 0.769. The van der Waals surface area contributed by atoms with Gasteiger partial charge in [-0.3, -0.25) is 4.68 Å². The summed E-state index contributed by atoms with van der Waals surface area (Å²) < 4.78 is 1.83. The maximum absolute atomic E-state index is 9.31. The normalized spacial score (nSPS) is 15.0. The number of aliphatic hydroxyl groups excluding tert-OH is 1. The van der Waals surface area contributed by atoms with Gasteiger partial charge < -0.3 is 10.4 Å². The van der Waals surface area contributed by atoms with Gasteiger partial charge in [-0.2, -0.15) is 5.10 Å². The van der Waals surface area contributed by atoms with Crippen LogP contribution in [0.3, 0.4) is 0 Å². The number of aryl methyl sites for hydroxylation is 1. The predicted octanol–water partition coefficient (Wildman–Crippen LogP) is 1.68. The first-order valence-electron chi connectivity index (χ1n) is 5.63. The zero-order chi connectivity index (χ0) is 12.0. The van der Waals surface area contributed by atoms with Gasteiger partial charge in [-0.15, -0.1) is 0 Å². The summed E-state index contributed by atoms with van der Waals surface area (Å²) in [6.07, 6.45) is 5.32. The number of aliphatic hydroxyl groups is 1. The SMILES string of the molecule is CCNC(C)(CO)CCCn1cc(Cl)cn1. The lowest BCUT2D eigenvalue weighted by molar-refractivity contribution is 0.163. The van der Waals surface area contributed by atoms with E-state index in [1.165, 1.54) is 0 Å². The van der Waals surface area contributed by atoms with Crippen LogP contribution in [0, 0.1) is 0 Å². The van der Waals surface area contributed by atoms with E-state index in [9.17, 15) is 5.11 Å². The summed E-state index contributed by atoms with van der Waals surface area (Å²) in [5.41, 5.74) is -0.189. The zero-order valence-corrected chi connectivity index (χ0v) is 10.7. The van der Waals surface area contributed by atoms with Crippen LogP contribution in [0.5, 0.6) is 0 Å². The molecule has 5 heteroatoms. The van der Waals surface area contributed by atoms with Crippen LogP contribution in [0.2, 0.25) is 5.02 Å². The van der Waals surface area contributed by atoms with Crippen molar-refractivity contribution in [3.05, 3.63) is 17.4 Å². The number of halogens is 1. The molecular formula is C11H20ClN3O. The van der Waals surface area contributed by atoms with Crippen molar-refractivity contribution >= 4 is 11.6 Å². The molecule has 0 radical (unpaired) electrons. The van der Waals surface area contributed by atoms with Gasteiger partial charge >= 0.3 is 0 Å². The molecule has 92 valence electrons. The Morgan fingerprint density at radius 1 is 1.62 bits per heavy atom. The van der Waals surface area contributed by atoms with E-state index >= 15 is 0 Å². The number of aromatic nitrogens is 2. The minimum absolute atomic E-state index is 0.153. The van der Waals surface area contributed by atoms with Crippen molar-refractivity contribution in [1.29, 1.82) is 0 Å². The van der Waals surface area contributed by atoms with Crippen LogP contribution in [0.15, 0.2) is 12.4 Å². The summed E-state index contributed by atoms with van der Waals surface area (Å²) >= 11 is 5.77. The molecule has 0 spiro atoms. The first-order valence-corrected chi connectivity index (χ1v) is 6.01. The third-order valence-corrected chi connectivity index (χ3v) is 2.87. The van der Waals surface area contributed by atoms with Crippen molar-refractivity contribution in [2.24, 2.45) is 0 Å². The van der Waals surface area contributed by atoms with E-state index in [0.717, 1.165) is 25.9 Å². The van der Waals surface area contributed by atoms with Crippen LogP contribution in [0.4, 0.5) is 0 Å². The molecule has 0 saturated heterocycles. The second-order valence-electron chi connectivity index (χ2n) is 4.27. The summed E-state index contributed by atoms with van der Waals surface area (Å²) in [5, 5.41) is 17.4. The van der Waals surface area contributed by atoms with Crippen molar-refractivity contribution in [1.82, 2.24) is 15.1 Å². The predicted molar refractivity (Wildman–Crippen MR) is 65.6 cm³/mol. The summed E-state index contributed by atoms with van der Waals surface area (Å²) in [6.45, 7) is 5.92. The Hall–Kier alpha value is -0.580. The van der Waals surface area contributed by atoms with Gasteiger partial charge in [0.2, 0.25) is 0 Å². The highest BCUT2D eigenvalue weighted by atomic mass is 35.5. The summed E-state index contributed by atoms with van der Waals surface area (Å²) in [5.74, 6) is 0. The van der Waals surface area contributed by atoms with Gasteiger partial charge in [0, 0.05) is 18.3 Å². The molecule has 2 N–H and O–H groups in total. The molecule has 1 rings (SSSR count). The fourth-order valence-electron chi connectivity index (χ4n) is 1.74. The lowest BCUT2D eigenvalue weighted by Gasteiger charge is -2.28. The van der Waals surface area contributed by atoms with Crippen LogP contribution in [-0.2, 0) is 6.54 Å². The first kappa shape index (κ1) is 13.5. The Morgan fingerprint density at radius 3 is 2.88 bits per heavy atom. The first-order chi connectivity index (χ1) is 7.59. The maximum atomic E-state index is 9.31. The maximum Gasteiger partial charge on any atom is 0.0785 e. The van der Waals surface area contributed by atoms with Crippen molar-refractivity contribution in [3.63, 3.8) is 0 Å². The second kappa shape index (κ2) is 6.23.